The maximum Gasteiger partial charge on any atom is 0.407 e. The van der Waals surface area contributed by atoms with Crippen molar-refractivity contribution in [1.29, 1.82) is 0 Å². The highest BCUT2D eigenvalue weighted by Gasteiger charge is 2.58. The van der Waals surface area contributed by atoms with E-state index in [9.17, 15) is 32.5 Å². The first kappa shape index (κ1) is 86.1. The molecule has 3 fully saturated rings. The van der Waals surface area contributed by atoms with Gasteiger partial charge in [0.1, 0.15) is 79.8 Å². The summed E-state index contributed by atoms with van der Waals surface area (Å²) in [7, 11) is -5.16. The molecule has 0 radical (unpaired) electrons. The molecule has 0 unspecified atom stereocenters. The van der Waals surface area contributed by atoms with Crippen LogP contribution in [0, 0.1) is 0 Å². The van der Waals surface area contributed by atoms with Gasteiger partial charge in [-0.15, -0.1) is 0 Å². The number of nitrogens with one attached hydrogen (secondary N) is 2. The maximum absolute atomic E-state index is 14.5. The fourth-order valence-corrected chi connectivity index (χ4v) is 15.5. The number of carbonyl (C=O) groups excluding carboxylic acids is 2. The van der Waals surface area contributed by atoms with E-state index in [0.29, 0.717) is 5.56 Å². The molecule has 25 nitrogen and oxygen atoms in total. The Kier molecular flexibility index (Phi) is 31.1. The van der Waals surface area contributed by atoms with Crippen LogP contribution in [0.2, 0.25) is 0 Å². The standard InChI is InChI=1S/C94H98N2O23S/c1-63(97)95-81-85(108-54-68-38-18-6-19-39-68)84(118-93-88(111-57-71-44-24-9-25-45-71)86(109-55-69-40-20-7-21-41-69)83(80(117-93)62-114-120(101,102)103)107-53-67-36-16-5-17-37-67)79(61-105-51-65-32-12-3-13-33-65)115-91(81)119-89-87(110-56-70-42-22-8-23-43-70)82(106-52-66-34-14-4-15-35-66)78(60-104-50-64-30-10-2-11-31-64)116-92(89)112-59-77(90(98)99)96-94(100)113-58-76-74-48-28-26-46-72(74)73-47-27-29-49-75(73)76/h2-49,76-89,91-93H,50-62H2,1H3,(H,95,97)(H,96,100)(H,98,99)(H,101,102,103)/t77-,78+,79+,80+,81+,82+,83-,84+,85+,86-,87-,88+,89-,91-,92-,93-/m0/s1. The normalized spacial score (nSPS) is 23.7. The Morgan fingerprint density at radius 3 is 1.11 bits per heavy atom. The number of carbonyl (C=O) groups is 3. The molecule has 1 aliphatic carbocycles. The Labute approximate surface area is 697 Å². The number of alkyl carbamates (subject to hydrolysis) is 1. The molecule has 0 spiro atoms. The predicted molar refractivity (Wildman–Crippen MR) is 439 cm³/mol. The monoisotopic (exact) mass is 1650 g/mol. The molecule has 0 bridgehead atoms. The highest BCUT2D eigenvalue weighted by molar-refractivity contribution is 7.80. The molecule has 10 aromatic carbocycles. The molecule has 10 aromatic rings. The molecule has 0 aromatic heterocycles. The van der Waals surface area contributed by atoms with Gasteiger partial charge in [0, 0.05) is 12.8 Å². The summed E-state index contributed by atoms with van der Waals surface area (Å²) in [6.45, 7) is -1.06. The number of hydrogen-bond acceptors (Lipinski definition) is 21. The average molecular weight is 1660 g/mol. The number of ether oxygens (including phenoxy) is 15. The molecular formula is C94H98N2O23S. The van der Waals surface area contributed by atoms with Crippen LogP contribution in [0.3, 0.4) is 0 Å². The van der Waals surface area contributed by atoms with Crippen LogP contribution in [0.4, 0.5) is 4.79 Å². The number of carboxylic acids is 1. The first-order chi connectivity index (χ1) is 58.7. The van der Waals surface area contributed by atoms with Crippen molar-refractivity contribution in [3.8, 4) is 11.1 Å². The zero-order valence-electron chi connectivity index (χ0n) is 66.1. The van der Waals surface area contributed by atoms with Crippen molar-refractivity contribution in [2.45, 2.75) is 164 Å². The molecule has 3 heterocycles. The largest absolute Gasteiger partial charge is 0.480 e. The molecule has 628 valence electrons. The number of aliphatic carboxylic acids is 1. The van der Waals surface area contributed by atoms with Gasteiger partial charge in [-0.05, 0) is 66.8 Å². The fraction of sp³-hybridized carbons (Fsp3) is 0.330. The summed E-state index contributed by atoms with van der Waals surface area (Å²) in [5.74, 6) is -2.43. The molecule has 3 aliphatic heterocycles. The van der Waals surface area contributed by atoms with E-state index >= 15 is 0 Å². The van der Waals surface area contributed by atoms with Gasteiger partial charge >= 0.3 is 22.5 Å². The molecule has 120 heavy (non-hydrogen) atoms. The first-order valence-corrected chi connectivity index (χ1v) is 41.4. The second-order valence-corrected chi connectivity index (χ2v) is 30.6. The van der Waals surface area contributed by atoms with E-state index in [1.54, 1.807) is 0 Å². The molecule has 4 N–H and O–H groups in total. The van der Waals surface area contributed by atoms with Gasteiger partial charge in [0.05, 0.1) is 79.3 Å². The van der Waals surface area contributed by atoms with Crippen molar-refractivity contribution < 1.29 is 108 Å². The molecular weight excluding hydrogens is 1560 g/mol. The number of hydrogen-bond donors (Lipinski definition) is 4. The van der Waals surface area contributed by atoms with Crippen LogP contribution in [0.1, 0.15) is 68.5 Å². The van der Waals surface area contributed by atoms with Gasteiger partial charge in [0.15, 0.2) is 24.9 Å². The SMILES string of the molecule is CC(=O)N[C@H]1[C@H](O[C@@H]2[C@@H](OC[C@H](NC(=O)OCC3c4ccccc4-c4ccccc43)C(=O)O)O[C@H](COCc3ccccc3)[C@@H](OCc3ccccc3)[C@@H]2OCc2ccccc2)O[C@H](COCc2ccccc2)[C@@H](O[C@@H]2O[C@H](COS(=O)(=O)O)[C@H](OCc3ccccc3)[C@H](OCc3ccccc3)[C@H]2OCc2ccccc2)[C@@H]1OCc1ccccc1. The van der Waals surface area contributed by atoms with Crippen LogP contribution in [0.5, 0.6) is 0 Å². The van der Waals surface area contributed by atoms with Gasteiger partial charge in [-0.25, -0.2) is 13.8 Å². The van der Waals surface area contributed by atoms with Crippen LogP contribution in [-0.4, -0.2) is 167 Å². The van der Waals surface area contributed by atoms with E-state index in [-0.39, 0.29) is 78.6 Å². The highest BCUT2D eigenvalue weighted by Crippen LogP contribution is 2.45. The lowest BCUT2D eigenvalue weighted by molar-refractivity contribution is -0.384. The van der Waals surface area contributed by atoms with Crippen molar-refractivity contribution in [1.82, 2.24) is 10.6 Å². The minimum absolute atomic E-state index is 0.00245. The average Bonchev–Trinajstić information content (AvgIpc) is 1.73. The molecule has 3 saturated heterocycles. The summed E-state index contributed by atoms with van der Waals surface area (Å²) in [5, 5.41) is 16.8. The molecule has 26 heteroatoms. The van der Waals surface area contributed by atoms with Gasteiger partial charge in [-0.1, -0.05) is 291 Å². The van der Waals surface area contributed by atoms with Crippen LogP contribution in [0.25, 0.3) is 11.1 Å². The van der Waals surface area contributed by atoms with E-state index < -0.39 is 140 Å². The summed E-state index contributed by atoms with van der Waals surface area (Å²) >= 11 is 0. The Morgan fingerprint density at radius 1 is 0.367 bits per heavy atom. The van der Waals surface area contributed by atoms with Gasteiger partial charge in [-0.3, -0.25) is 9.35 Å². The van der Waals surface area contributed by atoms with E-state index in [4.69, 9.17) is 75.2 Å². The third kappa shape index (κ3) is 24.1. The summed E-state index contributed by atoms with van der Waals surface area (Å²) in [4.78, 5) is 42.5. The lowest BCUT2D eigenvalue weighted by Gasteiger charge is -2.52. The smallest absolute Gasteiger partial charge is 0.407 e. The number of rotatable bonds is 41. The molecule has 0 saturated carbocycles. The van der Waals surface area contributed by atoms with E-state index in [0.717, 1.165) is 61.2 Å². The lowest BCUT2D eigenvalue weighted by atomic mass is 9.94. The highest BCUT2D eigenvalue weighted by atomic mass is 32.3. The Balaban J connectivity index is 0.870. The zero-order chi connectivity index (χ0) is 82.8. The second kappa shape index (κ2) is 43.3. The summed E-state index contributed by atoms with van der Waals surface area (Å²) in [6, 6.07) is 87.4. The number of amides is 2. The van der Waals surface area contributed by atoms with Crippen molar-refractivity contribution >= 4 is 28.4 Å². The van der Waals surface area contributed by atoms with Crippen molar-refractivity contribution in [2.24, 2.45) is 0 Å². The van der Waals surface area contributed by atoms with Gasteiger partial charge < -0.3 is 86.8 Å². The van der Waals surface area contributed by atoms with Gasteiger partial charge in [-0.2, -0.15) is 8.42 Å². The molecule has 14 rings (SSSR count). The van der Waals surface area contributed by atoms with Crippen LogP contribution in [-0.2, 0) is 148 Å². The summed E-state index contributed by atoms with van der Waals surface area (Å²) < 4.78 is 147. The molecule has 16 atom stereocenters. The van der Waals surface area contributed by atoms with E-state index in [1.165, 1.54) is 6.92 Å². The Morgan fingerprint density at radius 2 is 0.700 bits per heavy atom. The zero-order valence-corrected chi connectivity index (χ0v) is 66.9. The second-order valence-electron chi connectivity index (χ2n) is 29.5. The van der Waals surface area contributed by atoms with Crippen LogP contribution in [0.15, 0.2) is 291 Å². The Bertz CT molecular complexity index is 4860. The van der Waals surface area contributed by atoms with Crippen LogP contribution >= 0.6 is 0 Å². The predicted octanol–water partition coefficient (Wildman–Crippen LogP) is 13.2. The van der Waals surface area contributed by atoms with Crippen molar-refractivity contribution in [2.75, 3.05) is 33.0 Å². The summed E-state index contributed by atoms with van der Waals surface area (Å²) in [5.41, 5.74) is 9.96. The maximum atomic E-state index is 14.5. The lowest BCUT2D eigenvalue weighted by Crippen LogP contribution is -2.70. The van der Waals surface area contributed by atoms with Crippen LogP contribution < -0.4 is 10.6 Å². The topological polar surface area (TPSA) is 298 Å². The number of fused-ring (bicyclic) bond motifs is 3. The molecule has 2 amide bonds. The number of carboxylic acid groups (broad SMARTS) is 1. The Hall–Kier alpha value is -10.3. The van der Waals surface area contributed by atoms with E-state index in [1.807, 2.05) is 291 Å². The van der Waals surface area contributed by atoms with E-state index in [2.05, 4.69) is 10.6 Å². The van der Waals surface area contributed by atoms with Crippen molar-refractivity contribution in [3.63, 3.8) is 0 Å². The third-order valence-electron chi connectivity index (χ3n) is 21.0. The summed E-state index contributed by atoms with van der Waals surface area (Å²) in [6.07, 6.45) is -20.5. The molecule has 4 aliphatic rings. The van der Waals surface area contributed by atoms with Crippen molar-refractivity contribution in [3.05, 3.63) is 347 Å². The minimum atomic E-state index is -5.16. The third-order valence-corrected chi connectivity index (χ3v) is 21.5. The number of benzene rings is 10. The van der Waals surface area contributed by atoms with Gasteiger partial charge in [0.2, 0.25) is 5.91 Å². The quantitative estimate of drug-likeness (QED) is 0.0259. The minimum Gasteiger partial charge on any atom is -0.480 e. The fourth-order valence-electron chi connectivity index (χ4n) is 15.2. The first-order valence-electron chi connectivity index (χ1n) is 40.0. The van der Waals surface area contributed by atoms with Gasteiger partial charge in [0.25, 0.3) is 0 Å².